The van der Waals surface area contributed by atoms with E-state index in [9.17, 15) is 0 Å². The Labute approximate surface area is 156 Å². The first-order valence-corrected chi connectivity index (χ1v) is 10.5. The van der Waals surface area contributed by atoms with Crippen molar-refractivity contribution in [1.82, 2.24) is 0 Å². The van der Waals surface area contributed by atoms with Gasteiger partial charge in [0.1, 0.15) is 0 Å². The minimum atomic E-state index is 1.03. The van der Waals surface area contributed by atoms with E-state index in [0.717, 1.165) is 47.3 Å². The molecule has 0 heteroatoms. The lowest BCUT2D eigenvalue weighted by Gasteiger charge is -2.50. The molecule has 0 bridgehead atoms. The molecule has 0 nitrogen and oxygen atoms in total. The van der Waals surface area contributed by atoms with Crippen molar-refractivity contribution in [2.45, 2.75) is 81.1 Å². The van der Waals surface area contributed by atoms with Crippen LogP contribution >= 0.6 is 0 Å². The zero-order valence-corrected chi connectivity index (χ0v) is 18.3. The van der Waals surface area contributed by atoms with Crippen molar-refractivity contribution in [1.29, 1.82) is 0 Å². The Kier molecular flexibility index (Phi) is 15.5. The SMILES string of the molecule is CCC1CC(C)C2CC3C(C)C(CC)C3C12.[CH2]C.[CH2]C.[CH2]C.[CH2]C. The third kappa shape index (κ3) is 5.01. The molecule has 3 aliphatic carbocycles. The van der Waals surface area contributed by atoms with E-state index in [1.54, 1.807) is 40.5 Å². The molecule has 0 aromatic carbocycles. The summed E-state index contributed by atoms with van der Waals surface area (Å²) in [7, 11) is 0. The molecule has 0 aromatic heterocycles. The van der Waals surface area contributed by atoms with Crippen molar-refractivity contribution in [3.05, 3.63) is 27.7 Å². The van der Waals surface area contributed by atoms with Crippen LogP contribution in [0.1, 0.15) is 81.1 Å². The third-order valence-corrected chi connectivity index (χ3v) is 6.77. The number of rotatable bonds is 2. The Hall–Kier alpha value is 0. The normalized spacial score (nSPS) is 40.5. The topological polar surface area (TPSA) is 0 Å². The molecule has 144 valence electrons. The van der Waals surface area contributed by atoms with Gasteiger partial charge < -0.3 is 0 Å². The number of fused-ring (bicyclic) bond motifs is 3. The molecule has 0 heterocycles. The average molecular weight is 337 g/mol. The van der Waals surface area contributed by atoms with Crippen LogP contribution in [0, 0.1) is 75.0 Å². The van der Waals surface area contributed by atoms with Gasteiger partial charge >= 0.3 is 0 Å². The largest absolute Gasteiger partial charge is 0.0654 e. The molecule has 0 aromatic rings. The molecular formula is C24H48. The lowest BCUT2D eigenvalue weighted by molar-refractivity contribution is -0.0250. The molecule has 0 saturated heterocycles. The van der Waals surface area contributed by atoms with Gasteiger partial charge in [0.05, 0.1) is 0 Å². The zero-order valence-electron chi connectivity index (χ0n) is 18.3. The Morgan fingerprint density at radius 3 is 1.58 bits per heavy atom. The second-order valence-corrected chi connectivity index (χ2v) is 7.03. The van der Waals surface area contributed by atoms with Gasteiger partial charge in [0.15, 0.2) is 0 Å². The first-order chi connectivity index (χ1) is 11.7. The van der Waals surface area contributed by atoms with Crippen LogP contribution in [0.15, 0.2) is 0 Å². The molecule has 24 heavy (non-hydrogen) atoms. The first-order valence-electron chi connectivity index (χ1n) is 10.5. The molecule has 8 atom stereocenters. The molecule has 3 aliphatic rings. The van der Waals surface area contributed by atoms with Crippen LogP contribution in [0.25, 0.3) is 0 Å². The van der Waals surface area contributed by atoms with Gasteiger partial charge in [-0.05, 0) is 60.2 Å². The van der Waals surface area contributed by atoms with Gasteiger partial charge in [-0.3, -0.25) is 0 Å². The van der Waals surface area contributed by atoms with E-state index < -0.39 is 0 Å². The summed E-state index contributed by atoms with van der Waals surface area (Å²) in [5.74, 6) is 8.74. The van der Waals surface area contributed by atoms with Gasteiger partial charge in [-0.25, -0.2) is 0 Å². The van der Waals surface area contributed by atoms with Crippen molar-refractivity contribution in [3.63, 3.8) is 0 Å². The van der Waals surface area contributed by atoms with E-state index >= 15 is 0 Å². The monoisotopic (exact) mass is 336 g/mol. The number of hydrogen-bond acceptors (Lipinski definition) is 0. The predicted molar refractivity (Wildman–Crippen MR) is 113 cm³/mol. The lowest BCUT2D eigenvalue weighted by Crippen LogP contribution is -2.45. The Balaban J connectivity index is 0. The van der Waals surface area contributed by atoms with E-state index in [-0.39, 0.29) is 0 Å². The first kappa shape index (κ1) is 26.2. The molecule has 8 unspecified atom stereocenters. The van der Waals surface area contributed by atoms with Gasteiger partial charge in [-0.15, -0.1) is 0 Å². The summed E-state index contributed by atoms with van der Waals surface area (Å²) in [5, 5.41) is 0. The van der Waals surface area contributed by atoms with Crippen LogP contribution < -0.4 is 0 Å². The maximum absolute atomic E-state index is 3.25. The van der Waals surface area contributed by atoms with Crippen LogP contribution in [-0.2, 0) is 0 Å². The molecule has 3 saturated carbocycles. The summed E-state index contributed by atoms with van der Waals surface area (Å²) in [6, 6.07) is 0. The zero-order chi connectivity index (χ0) is 19.4. The molecule has 0 aliphatic heterocycles. The van der Waals surface area contributed by atoms with E-state index in [1.165, 1.54) is 12.8 Å². The van der Waals surface area contributed by atoms with Crippen molar-refractivity contribution < 1.29 is 0 Å². The van der Waals surface area contributed by atoms with Crippen molar-refractivity contribution in [2.75, 3.05) is 0 Å². The molecule has 0 spiro atoms. The van der Waals surface area contributed by atoms with Gasteiger partial charge in [0.25, 0.3) is 0 Å². The smallest absolute Gasteiger partial charge is 0.0318 e. The van der Waals surface area contributed by atoms with Crippen molar-refractivity contribution >= 4 is 0 Å². The van der Waals surface area contributed by atoms with Crippen molar-refractivity contribution in [3.8, 4) is 0 Å². The van der Waals surface area contributed by atoms with Crippen LogP contribution in [-0.4, -0.2) is 0 Å². The predicted octanol–water partition coefficient (Wildman–Crippen LogP) is 7.96. The highest BCUT2D eigenvalue weighted by Crippen LogP contribution is 2.67. The summed E-state index contributed by atoms with van der Waals surface area (Å²) >= 11 is 0. The second kappa shape index (κ2) is 14.2. The van der Waals surface area contributed by atoms with Crippen LogP contribution in [0.5, 0.6) is 0 Å². The minimum absolute atomic E-state index is 1.03. The fraction of sp³-hybridized carbons (Fsp3) is 0.833. The van der Waals surface area contributed by atoms with E-state index in [1.807, 2.05) is 0 Å². The molecule has 0 N–H and O–H groups in total. The second-order valence-electron chi connectivity index (χ2n) is 7.03. The molecule has 3 rings (SSSR count). The Bertz CT molecular complexity index is 269. The van der Waals surface area contributed by atoms with Crippen LogP contribution in [0.4, 0.5) is 0 Å². The molecular weight excluding hydrogens is 288 g/mol. The summed E-state index contributed by atoms with van der Waals surface area (Å²) < 4.78 is 0. The molecule has 4 radical (unpaired) electrons. The van der Waals surface area contributed by atoms with Crippen LogP contribution in [0.3, 0.4) is 0 Å². The Morgan fingerprint density at radius 1 is 0.667 bits per heavy atom. The average Bonchev–Trinajstić information content (AvgIpc) is 3.17. The highest BCUT2D eigenvalue weighted by atomic mass is 14.7. The summed E-state index contributed by atoms with van der Waals surface area (Å²) in [5.41, 5.74) is 0. The van der Waals surface area contributed by atoms with Gasteiger partial charge in [0.2, 0.25) is 0 Å². The highest BCUT2D eigenvalue weighted by Gasteiger charge is 2.61. The summed E-state index contributed by atoms with van der Waals surface area (Å²) in [6.07, 6.45) is 6.01. The minimum Gasteiger partial charge on any atom is -0.0654 e. The molecule has 3 fully saturated rings. The number of hydrogen-bond donors (Lipinski definition) is 0. The molecule has 0 amide bonds. The van der Waals surface area contributed by atoms with Gasteiger partial charge in [-0.1, -0.05) is 95.9 Å². The van der Waals surface area contributed by atoms with E-state index in [4.69, 9.17) is 0 Å². The fourth-order valence-electron chi connectivity index (χ4n) is 6.06. The highest BCUT2D eigenvalue weighted by molar-refractivity contribution is 5.09. The van der Waals surface area contributed by atoms with Gasteiger partial charge in [-0.2, -0.15) is 0 Å². The third-order valence-electron chi connectivity index (χ3n) is 6.77. The quantitative estimate of drug-likeness (QED) is 0.479. The van der Waals surface area contributed by atoms with E-state index in [0.29, 0.717) is 0 Å². The maximum Gasteiger partial charge on any atom is -0.0318 e. The standard InChI is InChI=1S/C16H28.4C2H5/c1-5-11-7-9(3)13-8-14-10(4)12(6-2)16(14)15(11)13;4*1-2/h9-16H,5-8H2,1-4H3;4*1H2,2H3. The van der Waals surface area contributed by atoms with Crippen LogP contribution in [0.2, 0.25) is 0 Å². The summed E-state index contributed by atoms with van der Waals surface area (Å²) in [6.45, 7) is 29.9. The van der Waals surface area contributed by atoms with E-state index in [2.05, 4.69) is 55.4 Å². The van der Waals surface area contributed by atoms with Crippen molar-refractivity contribution in [2.24, 2.45) is 47.3 Å². The fourth-order valence-corrected chi connectivity index (χ4v) is 6.06. The maximum atomic E-state index is 3.25. The Morgan fingerprint density at radius 2 is 1.17 bits per heavy atom. The summed E-state index contributed by atoms with van der Waals surface area (Å²) in [4.78, 5) is 0. The lowest BCUT2D eigenvalue weighted by atomic mass is 9.54. The van der Waals surface area contributed by atoms with Gasteiger partial charge in [0, 0.05) is 0 Å².